The van der Waals surface area contributed by atoms with Crippen LogP contribution in [0.3, 0.4) is 0 Å². The van der Waals surface area contributed by atoms with Crippen molar-refractivity contribution in [2.45, 2.75) is 19.5 Å². The Morgan fingerprint density at radius 2 is 1.75 bits per heavy atom. The highest BCUT2D eigenvalue weighted by molar-refractivity contribution is 5.81. The molecule has 1 unspecified atom stereocenters. The number of rotatable bonds is 7. The van der Waals surface area contributed by atoms with Gasteiger partial charge in [0, 0.05) is 7.05 Å². The number of aromatic nitrogens is 2. The van der Waals surface area contributed by atoms with Gasteiger partial charge in [-0.25, -0.2) is 9.59 Å². The summed E-state index contributed by atoms with van der Waals surface area (Å²) in [6.45, 7) is 1.34. The number of nitrogens with zero attached hydrogens (tertiary/aromatic N) is 2. The van der Waals surface area contributed by atoms with Crippen LogP contribution in [0.4, 0.5) is 0 Å². The first-order chi connectivity index (χ1) is 13.4. The monoisotopic (exact) mass is 383 g/mol. The van der Waals surface area contributed by atoms with Gasteiger partial charge in [-0.15, -0.1) is 0 Å². The summed E-state index contributed by atoms with van der Waals surface area (Å²) in [4.78, 5) is 35.4. The Labute approximate surface area is 161 Å². The minimum Gasteiger partial charge on any atom is -0.482 e. The lowest BCUT2D eigenvalue weighted by atomic mass is 10.1. The summed E-state index contributed by atoms with van der Waals surface area (Å²) >= 11 is 0. The Morgan fingerprint density at radius 3 is 2.39 bits per heavy atom. The van der Waals surface area contributed by atoms with Gasteiger partial charge in [-0.3, -0.25) is 13.9 Å². The molecule has 1 atom stereocenters. The number of benzene rings is 2. The highest BCUT2D eigenvalue weighted by atomic mass is 16.5. The Hall–Kier alpha value is -3.55. The molecular weight excluding hydrogens is 362 g/mol. The van der Waals surface area contributed by atoms with Crippen molar-refractivity contribution < 1.29 is 19.4 Å². The Morgan fingerprint density at radius 1 is 1.11 bits per heavy atom. The first-order valence-electron chi connectivity index (χ1n) is 8.75. The van der Waals surface area contributed by atoms with E-state index >= 15 is 0 Å². The lowest BCUT2D eigenvalue weighted by molar-refractivity contribution is -0.139. The molecule has 0 aliphatic carbocycles. The number of amides is 1. The fourth-order valence-corrected chi connectivity index (χ4v) is 3.03. The van der Waals surface area contributed by atoms with Crippen molar-refractivity contribution in [1.29, 1.82) is 0 Å². The molecule has 28 heavy (non-hydrogen) atoms. The number of imidazole rings is 1. The van der Waals surface area contributed by atoms with Crippen LogP contribution in [-0.2, 0) is 23.2 Å². The van der Waals surface area contributed by atoms with Gasteiger partial charge in [0.15, 0.2) is 6.61 Å². The number of para-hydroxylation sites is 2. The number of aryl methyl sites for hydroxylation is 1. The molecule has 146 valence electrons. The van der Waals surface area contributed by atoms with E-state index in [1.165, 1.54) is 9.13 Å². The van der Waals surface area contributed by atoms with Crippen LogP contribution in [0, 0.1) is 0 Å². The van der Waals surface area contributed by atoms with E-state index in [9.17, 15) is 14.4 Å². The van der Waals surface area contributed by atoms with Gasteiger partial charge in [-0.1, -0.05) is 24.3 Å². The van der Waals surface area contributed by atoms with E-state index in [0.29, 0.717) is 11.3 Å². The van der Waals surface area contributed by atoms with E-state index in [4.69, 9.17) is 9.84 Å². The normalized spacial score (nSPS) is 11.9. The minimum atomic E-state index is -1.05. The smallest absolute Gasteiger partial charge is 0.341 e. The lowest BCUT2D eigenvalue weighted by Gasteiger charge is -2.15. The number of aliphatic carboxylic acids is 1. The molecule has 0 saturated heterocycles. The summed E-state index contributed by atoms with van der Waals surface area (Å²) in [5.74, 6) is -0.891. The zero-order valence-corrected chi connectivity index (χ0v) is 15.6. The molecular formula is C20H21N3O5. The van der Waals surface area contributed by atoms with Gasteiger partial charge < -0.3 is 15.2 Å². The first-order valence-corrected chi connectivity index (χ1v) is 8.75. The molecule has 0 saturated carbocycles. The zero-order valence-electron chi connectivity index (χ0n) is 15.6. The predicted molar refractivity (Wildman–Crippen MR) is 103 cm³/mol. The van der Waals surface area contributed by atoms with Crippen LogP contribution in [0.15, 0.2) is 53.3 Å². The van der Waals surface area contributed by atoms with Crippen molar-refractivity contribution >= 4 is 22.9 Å². The number of hydrogen-bond acceptors (Lipinski definition) is 4. The van der Waals surface area contributed by atoms with Gasteiger partial charge in [0.25, 0.3) is 0 Å². The van der Waals surface area contributed by atoms with Crippen LogP contribution in [0.2, 0.25) is 0 Å². The summed E-state index contributed by atoms with van der Waals surface area (Å²) in [6.07, 6.45) is 0. The van der Waals surface area contributed by atoms with Crippen molar-refractivity contribution in [3.63, 3.8) is 0 Å². The molecule has 0 fully saturated rings. The van der Waals surface area contributed by atoms with Gasteiger partial charge in [-0.05, 0) is 36.8 Å². The molecule has 0 aliphatic heterocycles. The number of carbonyl (C=O) groups is 2. The third-order valence-corrected chi connectivity index (χ3v) is 4.47. The molecule has 0 radical (unpaired) electrons. The molecule has 3 rings (SSSR count). The number of carboxylic acids is 1. The molecule has 8 heteroatoms. The van der Waals surface area contributed by atoms with Crippen molar-refractivity contribution in [1.82, 2.24) is 14.5 Å². The average molecular weight is 383 g/mol. The molecule has 1 aromatic heterocycles. The van der Waals surface area contributed by atoms with Crippen LogP contribution in [0.25, 0.3) is 11.0 Å². The first kappa shape index (κ1) is 19.2. The second-order valence-corrected chi connectivity index (χ2v) is 6.46. The molecule has 0 aliphatic rings. The topological polar surface area (TPSA) is 103 Å². The van der Waals surface area contributed by atoms with Gasteiger partial charge >= 0.3 is 11.7 Å². The molecule has 0 bridgehead atoms. The highest BCUT2D eigenvalue weighted by Crippen LogP contribution is 2.18. The van der Waals surface area contributed by atoms with E-state index < -0.39 is 12.6 Å². The maximum absolute atomic E-state index is 12.5. The van der Waals surface area contributed by atoms with E-state index in [-0.39, 0.29) is 24.2 Å². The standard InChI is InChI=1S/C20H21N3O5/c1-13(14-7-9-15(10-8-14)28-12-19(25)26)21-18(24)11-23-17-6-4-3-5-16(17)22(2)20(23)27/h3-10,13H,11-12H2,1-2H3,(H,21,24)(H,25,26). The van der Waals surface area contributed by atoms with Crippen molar-refractivity contribution in [3.8, 4) is 5.75 Å². The number of hydrogen-bond donors (Lipinski definition) is 2. The van der Waals surface area contributed by atoms with Crippen molar-refractivity contribution in [2.75, 3.05) is 6.61 Å². The summed E-state index contributed by atoms with van der Waals surface area (Å²) < 4.78 is 8.05. The number of fused-ring (bicyclic) bond motifs is 1. The second kappa shape index (κ2) is 7.99. The molecule has 2 N–H and O–H groups in total. The Kier molecular flexibility index (Phi) is 5.49. The molecule has 1 heterocycles. The molecule has 2 aromatic carbocycles. The second-order valence-electron chi connectivity index (χ2n) is 6.46. The minimum absolute atomic E-state index is 0.0790. The van der Waals surface area contributed by atoms with Gasteiger partial charge in [-0.2, -0.15) is 0 Å². The van der Waals surface area contributed by atoms with E-state index in [0.717, 1.165) is 11.1 Å². The number of carbonyl (C=O) groups excluding carboxylic acids is 1. The SMILES string of the molecule is CC(NC(=O)Cn1c(=O)n(C)c2ccccc21)c1ccc(OCC(=O)O)cc1. The fraction of sp³-hybridized carbons (Fsp3) is 0.250. The van der Waals surface area contributed by atoms with Crippen LogP contribution < -0.4 is 15.7 Å². The Bertz CT molecular complexity index is 1070. The van der Waals surface area contributed by atoms with Crippen LogP contribution >= 0.6 is 0 Å². The Balaban J connectivity index is 1.67. The number of nitrogens with one attached hydrogen (secondary N) is 1. The van der Waals surface area contributed by atoms with Crippen molar-refractivity contribution in [3.05, 3.63) is 64.6 Å². The summed E-state index contributed by atoms with van der Waals surface area (Å²) in [5.41, 5.74) is 2.06. The van der Waals surface area contributed by atoms with Crippen LogP contribution in [0.5, 0.6) is 5.75 Å². The molecule has 1 amide bonds. The molecule has 0 spiro atoms. The third kappa shape index (κ3) is 4.06. The number of ether oxygens (including phenoxy) is 1. The quantitative estimate of drug-likeness (QED) is 0.646. The summed E-state index contributed by atoms with van der Waals surface area (Å²) in [7, 11) is 1.68. The van der Waals surface area contributed by atoms with Crippen LogP contribution in [-0.4, -0.2) is 32.7 Å². The summed E-state index contributed by atoms with van der Waals surface area (Å²) in [6, 6.07) is 13.8. The molecule has 3 aromatic rings. The third-order valence-electron chi connectivity index (χ3n) is 4.47. The van der Waals surface area contributed by atoms with Gasteiger partial charge in [0.1, 0.15) is 12.3 Å². The van der Waals surface area contributed by atoms with Crippen molar-refractivity contribution in [2.24, 2.45) is 7.05 Å². The van der Waals surface area contributed by atoms with E-state index in [1.54, 1.807) is 31.3 Å². The zero-order chi connectivity index (χ0) is 20.3. The highest BCUT2D eigenvalue weighted by Gasteiger charge is 2.15. The number of carboxylic acid groups (broad SMARTS) is 1. The van der Waals surface area contributed by atoms with E-state index in [1.807, 2.05) is 31.2 Å². The lowest BCUT2D eigenvalue weighted by Crippen LogP contribution is -2.34. The van der Waals surface area contributed by atoms with Crippen LogP contribution in [0.1, 0.15) is 18.5 Å². The largest absolute Gasteiger partial charge is 0.482 e. The maximum Gasteiger partial charge on any atom is 0.341 e. The average Bonchev–Trinajstić information content (AvgIpc) is 2.92. The summed E-state index contributed by atoms with van der Waals surface area (Å²) in [5, 5.41) is 11.5. The van der Waals surface area contributed by atoms with Gasteiger partial charge in [0.05, 0.1) is 17.1 Å². The maximum atomic E-state index is 12.5. The fourth-order valence-electron chi connectivity index (χ4n) is 3.03. The predicted octanol–water partition coefficient (Wildman–Crippen LogP) is 1.68. The molecule has 8 nitrogen and oxygen atoms in total. The van der Waals surface area contributed by atoms with Gasteiger partial charge in [0.2, 0.25) is 5.91 Å². The van der Waals surface area contributed by atoms with E-state index in [2.05, 4.69) is 5.32 Å².